The van der Waals surface area contributed by atoms with Crippen LogP contribution in [0.15, 0.2) is 58.1 Å². The second kappa shape index (κ2) is 8.42. The normalized spacial score (nSPS) is 11.2. The molecule has 1 N–H and O–H groups in total. The summed E-state index contributed by atoms with van der Waals surface area (Å²) < 4.78 is 3.10. The lowest BCUT2D eigenvalue weighted by Gasteiger charge is -2.20. The van der Waals surface area contributed by atoms with Crippen LogP contribution in [0.1, 0.15) is 19.4 Å². The molecule has 1 heterocycles. The number of H-pyrrole nitrogens is 1. The van der Waals surface area contributed by atoms with Gasteiger partial charge >= 0.3 is 0 Å². The van der Waals surface area contributed by atoms with Crippen molar-refractivity contribution >= 4 is 40.0 Å². The number of nitrogens with zero attached hydrogens (tertiary/aromatic N) is 4. The molecule has 3 aromatic rings. The van der Waals surface area contributed by atoms with Gasteiger partial charge in [0.25, 0.3) is 0 Å². The van der Waals surface area contributed by atoms with Crippen molar-refractivity contribution in [2.24, 2.45) is 5.10 Å². The molecule has 0 saturated heterocycles. The zero-order valence-corrected chi connectivity index (χ0v) is 17.1. The molecule has 0 aliphatic rings. The highest BCUT2D eigenvalue weighted by molar-refractivity contribution is 9.10. The molecule has 0 bridgehead atoms. The molecular formula is C19H20BrN5S. The van der Waals surface area contributed by atoms with E-state index < -0.39 is 0 Å². The first-order valence-electron chi connectivity index (χ1n) is 8.45. The van der Waals surface area contributed by atoms with E-state index in [0.717, 1.165) is 28.7 Å². The highest BCUT2D eigenvalue weighted by Gasteiger charge is 2.09. The number of aromatic amines is 1. The predicted molar refractivity (Wildman–Crippen MR) is 114 cm³/mol. The summed E-state index contributed by atoms with van der Waals surface area (Å²) in [7, 11) is 0. The van der Waals surface area contributed by atoms with Crippen LogP contribution in [0.4, 0.5) is 5.69 Å². The van der Waals surface area contributed by atoms with Gasteiger partial charge in [0, 0.05) is 28.8 Å². The molecule has 134 valence electrons. The quantitative estimate of drug-likeness (QED) is 0.437. The lowest BCUT2D eigenvalue weighted by Crippen LogP contribution is -2.21. The number of aromatic nitrogens is 3. The summed E-state index contributed by atoms with van der Waals surface area (Å²) in [5.74, 6) is 0.687. The summed E-state index contributed by atoms with van der Waals surface area (Å²) in [5, 5.41) is 11.7. The molecule has 0 atom stereocenters. The highest BCUT2D eigenvalue weighted by Crippen LogP contribution is 2.22. The van der Waals surface area contributed by atoms with Crippen LogP contribution in [-0.2, 0) is 0 Å². The van der Waals surface area contributed by atoms with Crippen molar-refractivity contribution in [3.05, 3.63) is 63.3 Å². The van der Waals surface area contributed by atoms with Gasteiger partial charge in [-0.1, -0.05) is 28.1 Å². The molecule has 0 radical (unpaired) electrons. The van der Waals surface area contributed by atoms with Crippen LogP contribution in [0, 0.1) is 4.77 Å². The van der Waals surface area contributed by atoms with Gasteiger partial charge in [0.2, 0.25) is 4.77 Å². The van der Waals surface area contributed by atoms with Crippen LogP contribution in [-0.4, -0.2) is 34.2 Å². The first kappa shape index (κ1) is 18.5. The minimum absolute atomic E-state index is 0.457. The monoisotopic (exact) mass is 429 g/mol. The smallest absolute Gasteiger partial charge is 0.216 e. The van der Waals surface area contributed by atoms with Crippen molar-refractivity contribution in [2.75, 3.05) is 18.0 Å². The van der Waals surface area contributed by atoms with E-state index >= 15 is 0 Å². The van der Waals surface area contributed by atoms with Crippen molar-refractivity contribution in [3.63, 3.8) is 0 Å². The Kier molecular flexibility index (Phi) is 6.00. The molecule has 0 saturated carbocycles. The second-order valence-corrected chi connectivity index (χ2v) is 6.99. The summed E-state index contributed by atoms with van der Waals surface area (Å²) in [6.07, 6.45) is 1.77. The van der Waals surface area contributed by atoms with Gasteiger partial charge in [0.05, 0.1) is 6.21 Å². The Labute approximate surface area is 166 Å². The van der Waals surface area contributed by atoms with Gasteiger partial charge in [-0.2, -0.15) is 14.9 Å². The van der Waals surface area contributed by atoms with Gasteiger partial charge in [-0.15, -0.1) is 0 Å². The van der Waals surface area contributed by atoms with Crippen LogP contribution >= 0.6 is 28.1 Å². The SMILES string of the molecule is CCN(CC)c1ccc(-c2n[nH]c(=S)n2N=Cc2cccc(Br)c2)cc1. The van der Waals surface area contributed by atoms with E-state index in [1.165, 1.54) is 5.69 Å². The topological polar surface area (TPSA) is 49.2 Å². The molecule has 3 rings (SSSR count). The summed E-state index contributed by atoms with van der Waals surface area (Å²) in [6.45, 7) is 6.26. The van der Waals surface area contributed by atoms with Gasteiger partial charge in [-0.3, -0.25) is 0 Å². The van der Waals surface area contributed by atoms with Gasteiger partial charge in [-0.05, 0) is 68.0 Å². The van der Waals surface area contributed by atoms with Crippen LogP contribution < -0.4 is 4.90 Å². The lowest BCUT2D eigenvalue weighted by molar-refractivity contribution is 0.864. The first-order valence-corrected chi connectivity index (χ1v) is 9.65. The molecule has 0 amide bonds. The molecule has 1 aromatic heterocycles. The number of rotatable bonds is 6. The minimum atomic E-state index is 0.457. The lowest BCUT2D eigenvalue weighted by atomic mass is 10.2. The Balaban J connectivity index is 1.91. The van der Waals surface area contributed by atoms with Crippen LogP contribution in [0.25, 0.3) is 11.4 Å². The molecule has 2 aromatic carbocycles. The van der Waals surface area contributed by atoms with Gasteiger partial charge in [-0.25, -0.2) is 5.10 Å². The Morgan fingerprint density at radius 1 is 1.19 bits per heavy atom. The number of hydrogen-bond donors (Lipinski definition) is 1. The zero-order chi connectivity index (χ0) is 18.5. The van der Waals surface area contributed by atoms with Crippen LogP contribution in [0.3, 0.4) is 0 Å². The second-order valence-electron chi connectivity index (χ2n) is 5.68. The van der Waals surface area contributed by atoms with Crippen molar-refractivity contribution in [2.45, 2.75) is 13.8 Å². The standard InChI is InChI=1S/C19H20BrN5S/c1-3-24(4-2)17-10-8-15(9-11-17)18-22-23-19(26)25(18)21-13-14-6-5-7-16(20)12-14/h5-13H,3-4H2,1-2H3,(H,23,26). The summed E-state index contributed by atoms with van der Waals surface area (Å²) in [6, 6.07) is 16.2. The highest BCUT2D eigenvalue weighted by atomic mass is 79.9. The van der Waals surface area contributed by atoms with E-state index in [9.17, 15) is 0 Å². The molecular weight excluding hydrogens is 410 g/mol. The third-order valence-electron chi connectivity index (χ3n) is 4.08. The molecule has 0 spiro atoms. The van der Waals surface area contributed by atoms with Crippen molar-refractivity contribution in [3.8, 4) is 11.4 Å². The third-order valence-corrected chi connectivity index (χ3v) is 4.83. The zero-order valence-electron chi connectivity index (χ0n) is 14.7. The largest absolute Gasteiger partial charge is 0.372 e. The van der Waals surface area contributed by atoms with Gasteiger partial charge in [0.1, 0.15) is 0 Å². The molecule has 7 heteroatoms. The Morgan fingerprint density at radius 2 is 1.92 bits per heavy atom. The number of hydrogen-bond acceptors (Lipinski definition) is 4. The van der Waals surface area contributed by atoms with Crippen molar-refractivity contribution in [1.29, 1.82) is 0 Å². The molecule has 0 aliphatic heterocycles. The fraction of sp³-hybridized carbons (Fsp3) is 0.211. The number of nitrogens with one attached hydrogen (secondary N) is 1. The summed E-state index contributed by atoms with van der Waals surface area (Å²) in [4.78, 5) is 2.30. The first-order chi connectivity index (χ1) is 12.6. The third kappa shape index (κ3) is 4.11. The van der Waals surface area contributed by atoms with E-state index in [4.69, 9.17) is 12.2 Å². The van der Waals surface area contributed by atoms with Crippen LogP contribution in [0.2, 0.25) is 0 Å². The van der Waals surface area contributed by atoms with Crippen molar-refractivity contribution < 1.29 is 0 Å². The van der Waals surface area contributed by atoms with Crippen LogP contribution in [0.5, 0.6) is 0 Å². The molecule has 5 nitrogen and oxygen atoms in total. The van der Waals surface area contributed by atoms with Gasteiger partial charge in [0.15, 0.2) is 5.82 Å². The average Bonchev–Trinajstić information content (AvgIpc) is 3.02. The number of benzene rings is 2. The Bertz CT molecular complexity index is 955. The maximum absolute atomic E-state index is 5.33. The van der Waals surface area contributed by atoms with Crippen molar-refractivity contribution in [1.82, 2.24) is 14.9 Å². The van der Waals surface area contributed by atoms with E-state index in [1.807, 2.05) is 36.4 Å². The molecule has 0 unspecified atom stereocenters. The predicted octanol–water partition coefficient (Wildman–Crippen LogP) is 5.10. The molecule has 0 fully saturated rings. The number of halogens is 1. The fourth-order valence-corrected chi connectivity index (χ4v) is 3.30. The summed E-state index contributed by atoms with van der Waals surface area (Å²) >= 11 is 8.80. The van der Waals surface area contributed by atoms with E-state index in [-0.39, 0.29) is 0 Å². The molecule has 0 aliphatic carbocycles. The summed E-state index contributed by atoms with van der Waals surface area (Å²) in [5.41, 5.74) is 3.13. The van der Waals surface area contributed by atoms with E-state index in [1.54, 1.807) is 10.9 Å². The maximum Gasteiger partial charge on any atom is 0.216 e. The maximum atomic E-state index is 5.33. The molecule has 26 heavy (non-hydrogen) atoms. The van der Waals surface area contributed by atoms with E-state index in [2.05, 4.69) is 62.1 Å². The Hall–Kier alpha value is -2.25. The minimum Gasteiger partial charge on any atom is -0.372 e. The average molecular weight is 430 g/mol. The van der Waals surface area contributed by atoms with Gasteiger partial charge < -0.3 is 4.90 Å². The Morgan fingerprint density at radius 3 is 2.58 bits per heavy atom. The number of anilines is 1. The fourth-order valence-electron chi connectivity index (χ4n) is 2.71. The van der Waals surface area contributed by atoms with E-state index in [0.29, 0.717) is 10.6 Å².